The molecule has 1 heterocycles. The zero-order valence-corrected chi connectivity index (χ0v) is 20.3. The fraction of sp³-hybridized carbons (Fsp3) is 0.310. The molecule has 0 bridgehead atoms. The van der Waals surface area contributed by atoms with Crippen molar-refractivity contribution >= 4 is 28.2 Å². The van der Waals surface area contributed by atoms with E-state index in [0.717, 1.165) is 29.3 Å². The highest BCUT2D eigenvalue weighted by atomic mass is 16.3. The van der Waals surface area contributed by atoms with Crippen LogP contribution in [-0.4, -0.2) is 53.8 Å². The van der Waals surface area contributed by atoms with Crippen molar-refractivity contribution in [3.8, 4) is 0 Å². The Labute approximate surface area is 201 Å². The van der Waals surface area contributed by atoms with Crippen LogP contribution in [0.1, 0.15) is 48.9 Å². The lowest BCUT2D eigenvalue weighted by Crippen LogP contribution is -2.32. The Morgan fingerprint density at radius 2 is 1.65 bits per heavy atom. The highest BCUT2D eigenvalue weighted by molar-refractivity contribution is 6.46. The minimum Gasteiger partial charge on any atom is -0.507 e. The number of ketones is 1. The summed E-state index contributed by atoms with van der Waals surface area (Å²) in [6, 6.07) is 20.8. The number of aliphatic hydroxyl groups excluding tert-OH is 1. The number of Topliss-reactive ketones (excluding diaryl/α,β-unsaturated/α-hetero) is 1. The molecule has 176 valence electrons. The number of rotatable bonds is 7. The third-order valence-electron chi connectivity index (χ3n) is 6.49. The summed E-state index contributed by atoms with van der Waals surface area (Å²) in [4.78, 5) is 30.0. The minimum atomic E-state index is -0.631. The lowest BCUT2D eigenvalue weighted by Gasteiger charge is -2.26. The van der Waals surface area contributed by atoms with Crippen molar-refractivity contribution in [1.29, 1.82) is 0 Å². The van der Waals surface area contributed by atoms with Crippen molar-refractivity contribution in [2.45, 2.75) is 32.2 Å². The van der Waals surface area contributed by atoms with Gasteiger partial charge in [-0.3, -0.25) is 9.59 Å². The topological polar surface area (TPSA) is 60.9 Å². The molecule has 1 saturated heterocycles. The monoisotopic (exact) mass is 456 g/mol. The first kappa shape index (κ1) is 23.7. The molecule has 1 aliphatic heterocycles. The smallest absolute Gasteiger partial charge is 0.295 e. The number of benzene rings is 3. The van der Waals surface area contributed by atoms with Crippen LogP contribution in [0.4, 0.5) is 0 Å². The molecule has 3 aromatic carbocycles. The Balaban J connectivity index is 1.81. The maximum Gasteiger partial charge on any atom is 0.295 e. The number of carbonyl (C=O) groups excluding carboxylic acids is 2. The van der Waals surface area contributed by atoms with Gasteiger partial charge in [0.05, 0.1) is 11.6 Å². The van der Waals surface area contributed by atoms with Gasteiger partial charge in [0.15, 0.2) is 0 Å². The van der Waals surface area contributed by atoms with Gasteiger partial charge in [-0.25, -0.2) is 0 Å². The van der Waals surface area contributed by atoms with Crippen molar-refractivity contribution in [3.63, 3.8) is 0 Å². The summed E-state index contributed by atoms with van der Waals surface area (Å²) in [6.45, 7) is 5.49. The molecule has 0 radical (unpaired) electrons. The second kappa shape index (κ2) is 9.82. The number of amides is 1. The SMILES string of the molecule is CC(C)c1ccc(C2/C(=C(/O)c3ccc4ccccc4c3)C(=O)C(=O)N2CCCN(C)C)cc1. The number of fused-ring (bicyclic) bond motifs is 1. The largest absolute Gasteiger partial charge is 0.507 e. The number of aliphatic hydroxyl groups is 1. The van der Waals surface area contributed by atoms with E-state index in [0.29, 0.717) is 18.0 Å². The normalized spacial score (nSPS) is 17.9. The second-order valence-corrected chi connectivity index (χ2v) is 9.53. The number of hydrogen-bond acceptors (Lipinski definition) is 4. The van der Waals surface area contributed by atoms with Gasteiger partial charge in [-0.15, -0.1) is 0 Å². The highest BCUT2D eigenvalue weighted by Crippen LogP contribution is 2.40. The van der Waals surface area contributed by atoms with Crippen molar-refractivity contribution in [2.24, 2.45) is 0 Å². The van der Waals surface area contributed by atoms with E-state index in [4.69, 9.17) is 0 Å². The van der Waals surface area contributed by atoms with Crippen molar-refractivity contribution in [2.75, 3.05) is 27.2 Å². The molecule has 0 saturated carbocycles. The highest BCUT2D eigenvalue weighted by Gasteiger charge is 2.45. The molecule has 5 nitrogen and oxygen atoms in total. The molecule has 0 aromatic heterocycles. The lowest BCUT2D eigenvalue weighted by atomic mass is 9.92. The first-order valence-corrected chi connectivity index (χ1v) is 11.8. The molecule has 1 amide bonds. The maximum atomic E-state index is 13.2. The number of nitrogens with zero attached hydrogens (tertiary/aromatic N) is 2. The molecular weight excluding hydrogens is 424 g/mol. The molecule has 0 spiro atoms. The predicted octanol–water partition coefficient (Wildman–Crippen LogP) is 5.34. The molecule has 3 aromatic rings. The summed E-state index contributed by atoms with van der Waals surface area (Å²) < 4.78 is 0. The Kier molecular flexibility index (Phi) is 6.85. The van der Waals surface area contributed by atoms with Crippen LogP contribution in [0, 0.1) is 0 Å². The van der Waals surface area contributed by atoms with Gasteiger partial charge in [-0.05, 0) is 60.9 Å². The molecule has 1 atom stereocenters. The summed E-state index contributed by atoms with van der Waals surface area (Å²) in [5.74, 6) is -0.942. The maximum absolute atomic E-state index is 13.2. The second-order valence-electron chi connectivity index (χ2n) is 9.53. The van der Waals surface area contributed by atoms with Crippen LogP contribution in [0.5, 0.6) is 0 Å². The summed E-state index contributed by atoms with van der Waals surface area (Å²) in [5.41, 5.74) is 2.70. The molecule has 1 unspecified atom stereocenters. The Bertz CT molecular complexity index is 1240. The van der Waals surface area contributed by atoms with Crippen LogP contribution < -0.4 is 0 Å². The third-order valence-corrected chi connectivity index (χ3v) is 6.49. The number of carbonyl (C=O) groups is 2. The molecule has 4 rings (SSSR count). The van der Waals surface area contributed by atoms with Crippen LogP contribution >= 0.6 is 0 Å². The van der Waals surface area contributed by atoms with E-state index in [9.17, 15) is 14.7 Å². The average Bonchev–Trinajstić information content (AvgIpc) is 3.08. The van der Waals surface area contributed by atoms with Crippen LogP contribution in [0.15, 0.2) is 72.3 Å². The van der Waals surface area contributed by atoms with Crippen molar-refractivity contribution < 1.29 is 14.7 Å². The summed E-state index contributed by atoms with van der Waals surface area (Å²) in [6.07, 6.45) is 0.733. The van der Waals surface area contributed by atoms with Gasteiger partial charge in [0.1, 0.15) is 5.76 Å². The van der Waals surface area contributed by atoms with Crippen molar-refractivity contribution in [1.82, 2.24) is 9.80 Å². The Hall–Kier alpha value is -3.44. The fourth-order valence-corrected chi connectivity index (χ4v) is 4.57. The first-order valence-electron chi connectivity index (χ1n) is 11.8. The molecule has 34 heavy (non-hydrogen) atoms. The molecule has 0 aliphatic carbocycles. The van der Waals surface area contributed by atoms with E-state index in [2.05, 4.69) is 18.7 Å². The van der Waals surface area contributed by atoms with Crippen LogP contribution in [0.3, 0.4) is 0 Å². The number of likely N-dealkylation sites (tertiary alicyclic amines) is 1. The quantitative estimate of drug-likeness (QED) is 0.296. The van der Waals surface area contributed by atoms with Crippen LogP contribution in [0.25, 0.3) is 16.5 Å². The molecule has 1 N–H and O–H groups in total. The lowest BCUT2D eigenvalue weighted by molar-refractivity contribution is -0.139. The standard InChI is InChI=1S/C29H32N2O3/c1-19(2)20-10-13-22(14-11-20)26-25(28(33)29(34)31(26)17-7-16-30(3)4)27(32)24-15-12-21-8-5-6-9-23(21)18-24/h5-6,8-15,18-19,26,32H,7,16-17H2,1-4H3/b27-25-. The zero-order chi connectivity index (χ0) is 24.4. The van der Waals surface area contributed by atoms with Gasteiger partial charge in [-0.1, -0.05) is 74.5 Å². The van der Waals surface area contributed by atoms with E-state index >= 15 is 0 Å². The molecular formula is C29H32N2O3. The molecule has 1 fully saturated rings. The predicted molar refractivity (Wildman–Crippen MR) is 137 cm³/mol. The summed E-state index contributed by atoms with van der Waals surface area (Å²) in [7, 11) is 3.96. The Morgan fingerprint density at radius 3 is 2.29 bits per heavy atom. The van der Waals surface area contributed by atoms with Crippen LogP contribution in [-0.2, 0) is 9.59 Å². The van der Waals surface area contributed by atoms with E-state index < -0.39 is 17.7 Å². The number of hydrogen-bond donors (Lipinski definition) is 1. The summed E-state index contributed by atoms with van der Waals surface area (Å²) >= 11 is 0. The van der Waals surface area contributed by atoms with Gasteiger partial charge < -0.3 is 14.9 Å². The third kappa shape index (κ3) is 4.62. The van der Waals surface area contributed by atoms with Gasteiger partial charge in [0, 0.05) is 12.1 Å². The van der Waals surface area contributed by atoms with Gasteiger partial charge in [0.25, 0.3) is 11.7 Å². The van der Waals surface area contributed by atoms with E-state index in [1.165, 1.54) is 5.56 Å². The molecule has 5 heteroatoms. The van der Waals surface area contributed by atoms with Gasteiger partial charge in [0.2, 0.25) is 0 Å². The fourth-order valence-electron chi connectivity index (χ4n) is 4.57. The van der Waals surface area contributed by atoms with Gasteiger partial charge >= 0.3 is 0 Å². The van der Waals surface area contributed by atoms with E-state index in [1.54, 1.807) is 11.0 Å². The minimum absolute atomic E-state index is 0.128. The van der Waals surface area contributed by atoms with Crippen molar-refractivity contribution in [3.05, 3.63) is 89.0 Å². The van der Waals surface area contributed by atoms with Crippen LogP contribution in [0.2, 0.25) is 0 Å². The van der Waals surface area contributed by atoms with E-state index in [-0.39, 0.29) is 11.3 Å². The zero-order valence-electron chi connectivity index (χ0n) is 20.3. The summed E-state index contributed by atoms with van der Waals surface area (Å²) in [5, 5.41) is 13.4. The molecule has 1 aliphatic rings. The Morgan fingerprint density at radius 1 is 0.971 bits per heavy atom. The van der Waals surface area contributed by atoms with Gasteiger partial charge in [-0.2, -0.15) is 0 Å². The average molecular weight is 457 g/mol. The van der Waals surface area contributed by atoms with E-state index in [1.807, 2.05) is 74.8 Å². The first-order chi connectivity index (χ1) is 16.3.